The number of hydrogen-bond acceptors (Lipinski definition) is 3. The molecule has 0 aliphatic carbocycles. The van der Waals surface area contributed by atoms with Crippen molar-refractivity contribution in [3.63, 3.8) is 0 Å². The first-order valence-corrected chi connectivity index (χ1v) is 6.32. The van der Waals surface area contributed by atoms with Crippen LogP contribution in [0.4, 0.5) is 5.69 Å². The zero-order valence-electron chi connectivity index (χ0n) is 11.4. The molecule has 102 valence electrons. The molecule has 0 amide bonds. The normalized spacial score (nSPS) is 10.3. The van der Waals surface area contributed by atoms with Crippen LogP contribution in [0.3, 0.4) is 0 Å². The smallest absolute Gasteiger partial charge is 0.273 e. The Balaban J connectivity index is 2.28. The van der Waals surface area contributed by atoms with Crippen molar-refractivity contribution in [3.8, 4) is 0 Å². The molecule has 0 aromatic heterocycles. The molecule has 2 rings (SSSR count). The van der Waals surface area contributed by atoms with Crippen molar-refractivity contribution in [2.45, 2.75) is 20.3 Å². The Hall–Kier alpha value is -2.49. The Kier molecular flexibility index (Phi) is 3.94. The molecule has 4 heteroatoms. The van der Waals surface area contributed by atoms with Crippen molar-refractivity contribution < 1.29 is 9.72 Å². The molecule has 0 heterocycles. The van der Waals surface area contributed by atoms with Gasteiger partial charge in [-0.1, -0.05) is 36.4 Å². The lowest BCUT2D eigenvalue weighted by Crippen LogP contribution is -2.06. The molecule has 0 saturated heterocycles. The summed E-state index contributed by atoms with van der Waals surface area (Å²) in [5.41, 5.74) is 2.91. The second-order valence-electron chi connectivity index (χ2n) is 4.78. The number of carbonyl (C=O) groups excluding carboxylic acids is 1. The molecule has 0 fully saturated rings. The average molecular weight is 269 g/mol. The van der Waals surface area contributed by atoms with Gasteiger partial charge < -0.3 is 0 Å². The Morgan fingerprint density at radius 3 is 2.45 bits per heavy atom. The van der Waals surface area contributed by atoms with Gasteiger partial charge >= 0.3 is 0 Å². The maximum absolute atomic E-state index is 12.2. The Bertz CT molecular complexity index is 677. The van der Waals surface area contributed by atoms with E-state index in [0.29, 0.717) is 11.1 Å². The van der Waals surface area contributed by atoms with Gasteiger partial charge in [-0.3, -0.25) is 14.9 Å². The predicted molar refractivity (Wildman–Crippen MR) is 77.0 cm³/mol. The molecule has 0 radical (unpaired) electrons. The largest absolute Gasteiger partial charge is 0.294 e. The van der Waals surface area contributed by atoms with Crippen LogP contribution in [-0.4, -0.2) is 10.7 Å². The van der Waals surface area contributed by atoms with E-state index in [0.717, 1.165) is 11.1 Å². The first kappa shape index (κ1) is 13.9. The fourth-order valence-corrected chi connectivity index (χ4v) is 2.06. The molecular weight excluding hydrogens is 254 g/mol. The number of ketones is 1. The van der Waals surface area contributed by atoms with Gasteiger partial charge in [0.2, 0.25) is 0 Å². The zero-order valence-corrected chi connectivity index (χ0v) is 11.4. The summed E-state index contributed by atoms with van der Waals surface area (Å²) in [5, 5.41) is 10.9. The van der Waals surface area contributed by atoms with Crippen molar-refractivity contribution in [1.82, 2.24) is 0 Å². The predicted octanol–water partition coefficient (Wildman–Crippen LogP) is 3.64. The number of nitrogens with zero attached hydrogens (tertiary/aromatic N) is 1. The molecule has 2 aromatic rings. The molecule has 0 aliphatic heterocycles. The second kappa shape index (κ2) is 5.65. The van der Waals surface area contributed by atoms with Crippen LogP contribution in [0.25, 0.3) is 0 Å². The Morgan fingerprint density at radius 1 is 1.10 bits per heavy atom. The van der Waals surface area contributed by atoms with Crippen molar-refractivity contribution >= 4 is 11.5 Å². The highest BCUT2D eigenvalue weighted by molar-refractivity contribution is 5.98. The minimum Gasteiger partial charge on any atom is -0.294 e. The molecule has 0 bridgehead atoms. The average Bonchev–Trinajstić information content (AvgIpc) is 2.41. The summed E-state index contributed by atoms with van der Waals surface area (Å²) in [6.45, 7) is 3.61. The van der Waals surface area contributed by atoms with E-state index in [1.54, 1.807) is 19.1 Å². The zero-order chi connectivity index (χ0) is 14.7. The van der Waals surface area contributed by atoms with Crippen LogP contribution in [-0.2, 0) is 6.42 Å². The maximum atomic E-state index is 12.2. The van der Waals surface area contributed by atoms with Gasteiger partial charge in [0, 0.05) is 23.6 Å². The number of nitro groups is 1. The van der Waals surface area contributed by atoms with Crippen molar-refractivity contribution in [2.75, 3.05) is 0 Å². The van der Waals surface area contributed by atoms with Crippen molar-refractivity contribution in [1.29, 1.82) is 0 Å². The highest BCUT2D eigenvalue weighted by Crippen LogP contribution is 2.20. The highest BCUT2D eigenvalue weighted by Gasteiger charge is 2.15. The first-order valence-electron chi connectivity index (χ1n) is 6.32. The van der Waals surface area contributed by atoms with Gasteiger partial charge in [-0.25, -0.2) is 0 Å². The second-order valence-corrected chi connectivity index (χ2v) is 4.78. The Morgan fingerprint density at radius 2 is 1.80 bits per heavy atom. The van der Waals surface area contributed by atoms with E-state index in [1.807, 2.05) is 31.2 Å². The molecule has 0 spiro atoms. The van der Waals surface area contributed by atoms with E-state index >= 15 is 0 Å². The van der Waals surface area contributed by atoms with Gasteiger partial charge in [0.05, 0.1) is 4.92 Å². The van der Waals surface area contributed by atoms with Crippen LogP contribution >= 0.6 is 0 Å². The van der Waals surface area contributed by atoms with Crippen LogP contribution in [0.5, 0.6) is 0 Å². The van der Waals surface area contributed by atoms with E-state index in [-0.39, 0.29) is 17.9 Å². The van der Waals surface area contributed by atoms with E-state index in [4.69, 9.17) is 0 Å². The fraction of sp³-hybridized carbons (Fsp3) is 0.188. The summed E-state index contributed by atoms with van der Waals surface area (Å²) in [5.74, 6) is -0.109. The molecule has 0 atom stereocenters. The summed E-state index contributed by atoms with van der Waals surface area (Å²) in [4.78, 5) is 22.7. The number of benzene rings is 2. The molecule has 4 nitrogen and oxygen atoms in total. The third-order valence-electron chi connectivity index (χ3n) is 3.34. The van der Waals surface area contributed by atoms with E-state index < -0.39 is 4.92 Å². The summed E-state index contributed by atoms with van der Waals surface area (Å²) in [6.07, 6.45) is 0.257. The monoisotopic (exact) mass is 269 g/mol. The van der Waals surface area contributed by atoms with Gasteiger partial charge in [0.1, 0.15) is 0 Å². The van der Waals surface area contributed by atoms with Gasteiger partial charge in [-0.2, -0.15) is 0 Å². The number of carbonyl (C=O) groups is 1. The standard InChI is InChI=1S/C16H15NO3/c1-11-5-3-4-6-13(11)10-16(18)14-8-7-12(2)15(9-14)17(19)20/h3-9H,10H2,1-2H3. The topological polar surface area (TPSA) is 60.2 Å². The number of nitro benzene ring substituents is 1. The van der Waals surface area contributed by atoms with Gasteiger partial charge in [0.15, 0.2) is 5.78 Å². The van der Waals surface area contributed by atoms with Gasteiger partial charge in [0.25, 0.3) is 5.69 Å². The minimum absolute atomic E-state index is 0.0133. The molecule has 0 N–H and O–H groups in total. The summed E-state index contributed by atoms with van der Waals surface area (Å²) in [7, 11) is 0. The molecule has 0 aliphatic rings. The molecule has 20 heavy (non-hydrogen) atoms. The number of Topliss-reactive ketones (excluding diaryl/α,β-unsaturated/α-hetero) is 1. The summed E-state index contributed by atoms with van der Waals surface area (Å²) in [6, 6.07) is 12.3. The van der Waals surface area contributed by atoms with Gasteiger partial charge in [-0.05, 0) is 25.0 Å². The number of hydrogen-bond donors (Lipinski definition) is 0. The van der Waals surface area contributed by atoms with Crippen LogP contribution in [0.2, 0.25) is 0 Å². The summed E-state index contributed by atoms with van der Waals surface area (Å²) >= 11 is 0. The van der Waals surface area contributed by atoms with Crippen LogP contribution in [0, 0.1) is 24.0 Å². The van der Waals surface area contributed by atoms with Crippen LogP contribution < -0.4 is 0 Å². The van der Waals surface area contributed by atoms with Crippen LogP contribution in [0.15, 0.2) is 42.5 Å². The lowest BCUT2D eigenvalue weighted by molar-refractivity contribution is -0.385. The molecular formula is C16H15NO3. The third kappa shape index (κ3) is 2.91. The molecule has 0 unspecified atom stereocenters. The summed E-state index contributed by atoms with van der Waals surface area (Å²) < 4.78 is 0. The molecule has 0 saturated carbocycles. The van der Waals surface area contributed by atoms with E-state index in [1.165, 1.54) is 6.07 Å². The molecule has 2 aromatic carbocycles. The number of rotatable bonds is 4. The quantitative estimate of drug-likeness (QED) is 0.483. The van der Waals surface area contributed by atoms with E-state index in [2.05, 4.69) is 0 Å². The van der Waals surface area contributed by atoms with Crippen molar-refractivity contribution in [3.05, 3.63) is 74.8 Å². The highest BCUT2D eigenvalue weighted by atomic mass is 16.6. The Labute approximate surface area is 117 Å². The SMILES string of the molecule is Cc1ccccc1CC(=O)c1ccc(C)c([N+](=O)[O-])c1. The van der Waals surface area contributed by atoms with Crippen LogP contribution in [0.1, 0.15) is 27.0 Å². The van der Waals surface area contributed by atoms with E-state index in [9.17, 15) is 14.9 Å². The number of aryl methyl sites for hydroxylation is 2. The van der Waals surface area contributed by atoms with Gasteiger partial charge in [-0.15, -0.1) is 0 Å². The fourth-order valence-electron chi connectivity index (χ4n) is 2.06. The lowest BCUT2D eigenvalue weighted by atomic mass is 9.98. The minimum atomic E-state index is -0.458. The lowest BCUT2D eigenvalue weighted by Gasteiger charge is -2.05. The van der Waals surface area contributed by atoms with Crippen molar-refractivity contribution in [2.24, 2.45) is 0 Å². The first-order chi connectivity index (χ1) is 9.49. The maximum Gasteiger partial charge on any atom is 0.273 e. The third-order valence-corrected chi connectivity index (χ3v) is 3.34.